The highest BCUT2D eigenvalue weighted by Gasteiger charge is 2.44. The lowest BCUT2D eigenvalue weighted by Crippen LogP contribution is -2.93. The number of hydrogen-bond acceptors (Lipinski definition) is 2. The summed E-state index contributed by atoms with van der Waals surface area (Å²) in [4.78, 5) is 25.5. The number of quaternary nitrogens is 1. The molecule has 1 saturated heterocycles. The summed E-state index contributed by atoms with van der Waals surface area (Å²) < 4.78 is 0. The summed E-state index contributed by atoms with van der Waals surface area (Å²) in [6, 6.07) is 7.88. The van der Waals surface area contributed by atoms with Crippen LogP contribution in [0.15, 0.2) is 24.3 Å². The fraction of sp³-hybridized carbons (Fsp3) is 0.429. The maximum atomic E-state index is 12.2. The van der Waals surface area contributed by atoms with E-state index >= 15 is 0 Å². The highest BCUT2D eigenvalue weighted by Crippen LogP contribution is 2.23. The van der Waals surface area contributed by atoms with E-state index in [2.05, 4.69) is 5.32 Å². The van der Waals surface area contributed by atoms with Gasteiger partial charge in [-0.2, -0.15) is 0 Å². The number of carbonyl (C=O) groups excluding carboxylic acids is 2. The highest BCUT2D eigenvalue weighted by atomic mass is 16.2. The van der Waals surface area contributed by atoms with Crippen molar-refractivity contribution < 1.29 is 14.9 Å². The largest absolute Gasteiger partial charge is 0.333 e. The predicted octanol–water partition coefficient (Wildman–Crippen LogP) is 0.353. The zero-order chi connectivity index (χ0) is 12.7. The maximum Gasteiger partial charge on any atom is 0.292 e. The summed E-state index contributed by atoms with van der Waals surface area (Å²) in [7, 11) is 0. The quantitative estimate of drug-likeness (QED) is 0.781. The minimum absolute atomic E-state index is 0.0595. The first-order valence-electron chi connectivity index (χ1n) is 6.43. The molecule has 1 atom stereocenters. The lowest BCUT2D eigenvalue weighted by Gasteiger charge is -2.14. The van der Waals surface area contributed by atoms with Gasteiger partial charge in [0.15, 0.2) is 6.04 Å². The molecular formula is C14H17N2O2+. The van der Waals surface area contributed by atoms with Crippen LogP contribution in [0.5, 0.6) is 0 Å². The van der Waals surface area contributed by atoms with Crippen LogP contribution >= 0.6 is 0 Å². The normalized spacial score (nSPS) is 23.8. The van der Waals surface area contributed by atoms with Crippen molar-refractivity contribution in [2.24, 2.45) is 0 Å². The predicted molar refractivity (Wildman–Crippen MR) is 67.0 cm³/mol. The molecule has 0 bridgehead atoms. The van der Waals surface area contributed by atoms with E-state index in [1.54, 1.807) is 0 Å². The minimum Gasteiger partial charge on any atom is -0.333 e. The van der Waals surface area contributed by atoms with Gasteiger partial charge in [-0.3, -0.25) is 9.59 Å². The number of rotatable bonds is 3. The van der Waals surface area contributed by atoms with Crippen molar-refractivity contribution >= 4 is 17.5 Å². The molecule has 1 heterocycles. The summed E-state index contributed by atoms with van der Waals surface area (Å²) in [6.45, 7) is 1.99. The summed E-state index contributed by atoms with van der Waals surface area (Å²) in [6.07, 6.45) is 2.67. The van der Waals surface area contributed by atoms with Gasteiger partial charge in [0.05, 0.1) is 18.2 Å². The third kappa shape index (κ3) is 2.04. The number of carbonyl (C=O) groups is 2. The van der Waals surface area contributed by atoms with E-state index in [9.17, 15) is 9.59 Å². The topological polar surface area (TPSA) is 54.0 Å². The van der Waals surface area contributed by atoms with E-state index in [-0.39, 0.29) is 17.9 Å². The standard InChI is InChI=1S/C14H16N2O2/c1-9-2-6-11(7-3-9)16-13(17)8-12(14(16)18)15-10-4-5-10/h2-3,6-7,10,12,15H,4-5,8H2,1H3/p+1/t12-/m1/s1. The summed E-state index contributed by atoms with van der Waals surface area (Å²) in [5.74, 6) is -0.137. The van der Waals surface area contributed by atoms with Crippen LogP contribution in [0.4, 0.5) is 5.69 Å². The molecule has 2 fully saturated rings. The second kappa shape index (κ2) is 4.21. The van der Waals surface area contributed by atoms with Crippen molar-refractivity contribution in [1.29, 1.82) is 0 Å². The number of nitrogens with zero attached hydrogens (tertiary/aromatic N) is 1. The van der Waals surface area contributed by atoms with Gasteiger partial charge >= 0.3 is 0 Å². The van der Waals surface area contributed by atoms with Crippen LogP contribution in [-0.4, -0.2) is 23.9 Å². The average Bonchev–Trinajstić information content (AvgIpc) is 3.10. The van der Waals surface area contributed by atoms with Crippen LogP contribution in [0.2, 0.25) is 0 Å². The Bertz CT molecular complexity index is 491. The van der Waals surface area contributed by atoms with Crippen molar-refractivity contribution in [2.75, 3.05) is 4.90 Å². The Labute approximate surface area is 106 Å². The Morgan fingerprint density at radius 3 is 2.44 bits per heavy atom. The van der Waals surface area contributed by atoms with Crippen LogP contribution in [0.3, 0.4) is 0 Å². The first-order valence-corrected chi connectivity index (χ1v) is 6.43. The zero-order valence-corrected chi connectivity index (χ0v) is 10.4. The number of imide groups is 1. The Kier molecular flexibility index (Phi) is 2.67. The molecule has 1 aliphatic carbocycles. The zero-order valence-electron chi connectivity index (χ0n) is 10.4. The van der Waals surface area contributed by atoms with E-state index < -0.39 is 0 Å². The lowest BCUT2D eigenvalue weighted by atomic mass is 10.2. The van der Waals surface area contributed by atoms with Crippen molar-refractivity contribution in [3.8, 4) is 0 Å². The smallest absolute Gasteiger partial charge is 0.292 e. The molecule has 1 aromatic carbocycles. The minimum atomic E-state index is -0.202. The van der Waals surface area contributed by atoms with Crippen molar-refractivity contribution in [3.63, 3.8) is 0 Å². The molecule has 3 rings (SSSR count). The van der Waals surface area contributed by atoms with Gasteiger partial charge in [-0.25, -0.2) is 4.90 Å². The molecular weight excluding hydrogens is 228 g/mol. The van der Waals surface area contributed by atoms with Crippen LogP contribution in [0.25, 0.3) is 0 Å². The van der Waals surface area contributed by atoms with Gasteiger partial charge < -0.3 is 5.32 Å². The number of hydrogen-bond donors (Lipinski definition) is 1. The molecule has 1 aromatic rings. The molecule has 2 N–H and O–H groups in total. The SMILES string of the molecule is Cc1ccc(N2C(=O)C[C@@H]([NH2+]C3CC3)C2=O)cc1. The van der Waals surface area contributed by atoms with Crippen molar-refractivity contribution in [2.45, 2.75) is 38.3 Å². The Balaban J connectivity index is 1.80. The van der Waals surface area contributed by atoms with Crippen LogP contribution < -0.4 is 10.2 Å². The van der Waals surface area contributed by atoms with E-state index in [0.29, 0.717) is 18.2 Å². The van der Waals surface area contributed by atoms with Crippen LogP contribution in [0, 0.1) is 6.92 Å². The molecule has 94 valence electrons. The van der Waals surface area contributed by atoms with Crippen molar-refractivity contribution in [3.05, 3.63) is 29.8 Å². The molecule has 18 heavy (non-hydrogen) atoms. The van der Waals surface area contributed by atoms with Gasteiger partial charge in [0.25, 0.3) is 5.91 Å². The second-order valence-electron chi connectivity index (χ2n) is 5.24. The fourth-order valence-corrected chi connectivity index (χ4v) is 2.39. The van der Waals surface area contributed by atoms with Gasteiger partial charge in [0, 0.05) is 12.8 Å². The summed E-state index contributed by atoms with van der Waals surface area (Å²) >= 11 is 0. The van der Waals surface area contributed by atoms with Gasteiger partial charge in [-0.05, 0) is 19.1 Å². The molecule has 2 aliphatic rings. The number of anilines is 1. The third-order valence-electron chi connectivity index (χ3n) is 3.60. The monoisotopic (exact) mass is 245 g/mol. The first kappa shape index (κ1) is 11.4. The Morgan fingerprint density at radius 2 is 1.83 bits per heavy atom. The molecule has 1 saturated carbocycles. The number of aryl methyl sites for hydroxylation is 1. The fourth-order valence-electron chi connectivity index (χ4n) is 2.39. The molecule has 0 unspecified atom stereocenters. The number of benzene rings is 1. The third-order valence-corrected chi connectivity index (χ3v) is 3.60. The van der Waals surface area contributed by atoms with Gasteiger partial charge in [0.1, 0.15) is 0 Å². The number of nitrogens with two attached hydrogens (primary N) is 1. The summed E-state index contributed by atoms with van der Waals surface area (Å²) in [5.41, 5.74) is 1.82. The summed E-state index contributed by atoms with van der Waals surface area (Å²) in [5, 5.41) is 2.06. The van der Waals surface area contributed by atoms with Crippen LogP contribution in [-0.2, 0) is 9.59 Å². The average molecular weight is 245 g/mol. The Hall–Kier alpha value is -1.68. The molecule has 0 radical (unpaired) electrons. The van der Waals surface area contributed by atoms with Gasteiger partial charge in [-0.15, -0.1) is 0 Å². The van der Waals surface area contributed by atoms with Gasteiger partial charge in [-0.1, -0.05) is 17.7 Å². The molecule has 2 amide bonds. The van der Waals surface area contributed by atoms with E-state index in [1.165, 1.54) is 17.7 Å². The molecule has 0 spiro atoms. The van der Waals surface area contributed by atoms with E-state index in [1.807, 2.05) is 31.2 Å². The number of amides is 2. The first-order chi connectivity index (χ1) is 8.65. The second-order valence-corrected chi connectivity index (χ2v) is 5.24. The molecule has 4 heteroatoms. The maximum absolute atomic E-state index is 12.2. The van der Waals surface area contributed by atoms with Crippen molar-refractivity contribution in [1.82, 2.24) is 0 Å². The highest BCUT2D eigenvalue weighted by molar-refractivity contribution is 6.21. The molecule has 4 nitrogen and oxygen atoms in total. The lowest BCUT2D eigenvalue weighted by molar-refractivity contribution is -0.687. The van der Waals surface area contributed by atoms with E-state index in [0.717, 1.165) is 5.56 Å². The van der Waals surface area contributed by atoms with E-state index in [4.69, 9.17) is 0 Å². The molecule has 1 aliphatic heterocycles. The van der Waals surface area contributed by atoms with Gasteiger partial charge in [0.2, 0.25) is 5.91 Å². The Morgan fingerprint density at radius 1 is 1.17 bits per heavy atom. The molecule has 0 aromatic heterocycles. The van der Waals surface area contributed by atoms with Crippen LogP contribution in [0.1, 0.15) is 24.8 Å².